The standard InChI is InChI=1S/C15H13NO6/c1-2-21-15(18)13(14(17)12-4-3-9-22-12)10-5-7-11(8-6-10)16(19)20/h3-9,13H,2H2,1H3. The molecule has 7 heteroatoms. The minimum absolute atomic E-state index is 0.0244. The molecule has 0 saturated carbocycles. The van der Waals surface area contributed by atoms with E-state index in [4.69, 9.17) is 9.15 Å². The zero-order valence-electron chi connectivity index (χ0n) is 11.7. The molecule has 2 rings (SSSR count). The first-order valence-corrected chi connectivity index (χ1v) is 6.53. The third kappa shape index (κ3) is 3.20. The van der Waals surface area contributed by atoms with Crippen LogP contribution >= 0.6 is 0 Å². The molecule has 1 heterocycles. The Labute approximate surface area is 125 Å². The molecule has 114 valence electrons. The highest BCUT2D eigenvalue weighted by molar-refractivity contribution is 6.11. The van der Waals surface area contributed by atoms with Crippen molar-refractivity contribution in [1.29, 1.82) is 0 Å². The number of carbonyl (C=O) groups is 2. The number of nitro groups is 1. The fourth-order valence-corrected chi connectivity index (χ4v) is 1.97. The maximum atomic E-state index is 12.4. The molecular formula is C15H13NO6. The summed E-state index contributed by atoms with van der Waals surface area (Å²) in [5.74, 6) is -2.47. The van der Waals surface area contributed by atoms with Crippen LogP contribution in [0.15, 0.2) is 47.1 Å². The van der Waals surface area contributed by atoms with Crippen molar-refractivity contribution in [1.82, 2.24) is 0 Å². The maximum Gasteiger partial charge on any atom is 0.321 e. The second-order valence-corrected chi connectivity index (χ2v) is 4.38. The molecule has 22 heavy (non-hydrogen) atoms. The van der Waals surface area contributed by atoms with Crippen molar-refractivity contribution in [3.05, 3.63) is 64.1 Å². The van der Waals surface area contributed by atoms with Crippen LogP contribution in [0.5, 0.6) is 0 Å². The Hall–Kier alpha value is -2.96. The van der Waals surface area contributed by atoms with Crippen LogP contribution in [0.25, 0.3) is 0 Å². The molecule has 0 saturated heterocycles. The summed E-state index contributed by atoms with van der Waals surface area (Å²) >= 11 is 0. The SMILES string of the molecule is CCOC(=O)C(C(=O)c1ccco1)c1ccc([N+](=O)[O-])cc1. The van der Waals surface area contributed by atoms with Gasteiger partial charge in [0, 0.05) is 12.1 Å². The molecule has 1 aromatic carbocycles. The second kappa shape index (κ2) is 6.66. The first-order chi connectivity index (χ1) is 10.5. The summed E-state index contributed by atoms with van der Waals surface area (Å²) in [6.45, 7) is 1.75. The molecule has 0 N–H and O–H groups in total. The number of nitrogens with zero attached hydrogens (tertiary/aromatic N) is 1. The van der Waals surface area contributed by atoms with Gasteiger partial charge in [-0.25, -0.2) is 0 Å². The number of carbonyl (C=O) groups excluding carboxylic acids is 2. The Morgan fingerprint density at radius 3 is 2.45 bits per heavy atom. The van der Waals surface area contributed by atoms with Crippen LogP contribution in [0.4, 0.5) is 5.69 Å². The van der Waals surface area contributed by atoms with Gasteiger partial charge in [-0.05, 0) is 24.6 Å². The quantitative estimate of drug-likeness (QED) is 0.267. The van der Waals surface area contributed by atoms with E-state index < -0.39 is 22.6 Å². The Bertz CT molecular complexity index is 675. The molecule has 2 aromatic rings. The number of non-ortho nitro benzene ring substituents is 1. The number of hydrogen-bond acceptors (Lipinski definition) is 6. The lowest BCUT2D eigenvalue weighted by Crippen LogP contribution is -2.24. The number of Topliss-reactive ketones (excluding diaryl/α,β-unsaturated/α-hetero) is 1. The van der Waals surface area contributed by atoms with E-state index >= 15 is 0 Å². The van der Waals surface area contributed by atoms with Gasteiger partial charge in [-0.2, -0.15) is 0 Å². The summed E-state index contributed by atoms with van der Waals surface area (Å²) in [6, 6.07) is 8.17. The molecule has 0 radical (unpaired) electrons. The van der Waals surface area contributed by atoms with Crippen LogP contribution in [-0.2, 0) is 9.53 Å². The van der Waals surface area contributed by atoms with Crippen molar-refractivity contribution < 1.29 is 23.7 Å². The first kappa shape index (κ1) is 15.4. The summed E-state index contributed by atoms with van der Waals surface area (Å²) in [6.07, 6.45) is 1.32. The van der Waals surface area contributed by atoms with Crippen molar-refractivity contribution in [2.24, 2.45) is 0 Å². The zero-order valence-corrected chi connectivity index (χ0v) is 11.7. The molecule has 0 fully saturated rings. The largest absolute Gasteiger partial charge is 0.465 e. The van der Waals surface area contributed by atoms with Crippen LogP contribution in [0.2, 0.25) is 0 Å². The fraction of sp³-hybridized carbons (Fsp3) is 0.200. The molecule has 0 aliphatic carbocycles. The molecule has 1 atom stereocenters. The van der Waals surface area contributed by atoms with E-state index in [-0.39, 0.29) is 18.1 Å². The number of furan rings is 1. The zero-order chi connectivity index (χ0) is 16.1. The van der Waals surface area contributed by atoms with Crippen LogP contribution < -0.4 is 0 Å². The van der Waals surface area contributed by atoms with E-state index in [0.717, 1.165) is 0 Å². The number of hydrogen-bond donors (Lipinski definition) is 0. The van der Waals surface area contributed by atoms with Crippen molar-refractivity contribution in [2.75, 3.05) is 6.61 Å². The third-order valence-corrected chi connectivity index (χ3v) is 2.99. The molecule has 0 aliphatic rings. The van der Waals surface area contributed by atoms with Gasteiger partial charge in [0.25, 0.3) is 5.69 Å². The van der Waals surface area contributed by atoms with Crippen molar-refractivity contribution in [3.63, 3.8) is 0 Å². The fourth-order valence-electron chi connectivity index (χ4n) is 1.97. The smallest absolute Gasteiger partial charge is 0.321 e. The first-order valence-electron chi connectivity index (χ1n) is 6.53. The number of esters is 1. The summed E-state index contributed by atoms with van der Waals surface area (Å²) in [7, 11) is 0. The van der Waals surface area contributed by atoms with E-state index in [9.17, 15) is 19.7 Å². The normalized spacial score (nSPS) is 11.7. The minimum atomic E-state index is -1.22. The summed E-state index contributed by atoms with van der Waals surface area (Å²) in [5, 5.41) is 10.7. The number of ether oxygens (including phenoxy) is 1. The number of ketones is 1. The van der Waals surface area contributed by atoms with Gasteiger partial charge in [0.05, 0.1) is 17.8 Å². The summed E-state index contributed by atoms with van der Waals surface area (Å²) in [5.41, 5.74) is 0.183. The van der Waals surface area contributed by atoms with Gasteiger partial charge in [0.15, 0.2) is 5.76 Å². The van der Waals surface area contributed by atoms with Crippen molar-refractivity contribution in [3.8, 4) is 0 Å². The Balaban J connectivity index is 2.37. The maximum absolute atomic E-state index is 12.4. The average Bonchev–Trinajstić information content (AvgIpc) is 3.02. The van der Waals surface area contributed by atoms with Gasteiger partial charge in [-0.15, -0.1) is 0 Å². The molecule has 0 bridgehead atoms. The van der Waals surface area contributed by atoms with E-state index in [1.54, 1.807) is 6.92 Å². The lowest BCUT2D eigenvalue weighted by Gasteiger charge is -2.13. The monoisotopic (exact) mass is 303 g/mol. The Kier molecular flexibility index (Phi) is 4.67. The molecule has 0 aliphatic heterocycles. The predicted octanol–water partition coefficient (Wildman–Crippen LogP) is 2.72. The Morgan fingerprint density at radius 2 is 1.95 bits per heavy atom. The van der Waals surface area contributed by atoms with Gasteiger partial charge in [0.1, 0.15) is 5.92 Å². The number of nitro benzene ring substituents is 1. The van der Waals surface area contributed by atoms with Crippen LogP contribution in [0.3, 0.4) is 0 Å². The van der Waals surface area contributed by atoms with Crippen molar-refractivity contribution in [2.45, 2.75) is 12.8 Å². The average molecular weight is 303 g/mol. The van der Waals surface area contributed by atoms with Crippen LogP contribution in [0.1, 0.15) is 29.0 Å². The highest BCUT2D eigenvalue weighted by Crippen LogP contribution is 2.25. The van der Waals surface area contributed by atoms with Gasteiger partial charge in [-0.3, -0.25) is 19.7 Å². The number of rotatable bonds is 6. The predicted molar refractivity (Wildman–Crippen MR) is 75.5 cm³/mol. The highest BCUT2D eigenvalue weighted by Gasteiger charge is 2.32. The van der Waals surface area contributed by atoms with Crippen molar-refractivity contribution >= 4 is 17.4 Å². The lowest BCUT2D eigenvalue weighted by molar-refractivity contribution is -0.384. The van der Waals surface area contributed by atoms with E-state index in [1.165, 1.54) is 42.7 Å². The molecule has 0 spiro atoms. The van der Waals surface area contributed by atoms with Crippen LogP contribution in [-0.4, -0.2) is 23.3 Å². The van der Waals surface area contributed by atoms with E-state index in [1.807, 2.05) is 0 Å². The molecule has 0 amide bonds. The van der Waals surface area contributed by atoms with Crippen LogP contribution in [0, 0.1) is 10.1 Å². The molecule has 7 nitrogen and oxygen atoms in total. The van der Waals surface area contributed by atoms with Gasteiger partial charge < -0.3 is 9.15 Å². The molecular weight excluding hydrogens is 290 g/mol. The summed E-state index contributed by atoms with van der Waals surface area (Å²) < 4.78 is 9.94. The van der Waals surface area contributed by atoms with E-state index in [2.05, 4.69) is 0 Å². The van der Waals surface area contributed by atoms with E-state index in [0.29, 0.717) is 5.56 Å². The highest BCUT2D eigenvalue weighted by atomic mass is 16.6. The van der Waals surface area contributed by atoms with Gasteiger partial charge in [-0.1, -0.05) is 12.1 Å². The second-order valence-electron chi connectivity index (χ2n) is 4.38. The Morgan fingerprint density at radius 1 is 1.27 bits per heavy atom. The summed E-state index contributed by atoms with van der Waals surface area (Å²) in [4.78, 5) is 34.6. The van der Waals surface area contributed by atoms with Gasteiger partial charge >= 0.3 is 5.97 Å². The number of benzene rings is 1. The van der Waals surface area contributed by atoms with Gasteiger partial charge in [0.2, 0.25) is 5.78 Å². The lowest BCUT2D eigenvalue weighted by atomic mass is 9.93. The molecule has 1 aromatic heterocycles. The topological polar surface area (TPSA) is 99.7 Å². The third-order valence-electron chi connectivity index (χ3n) is 2.99. The molecule has 1 unspecified atom stereocenters. The minimum Gasteiger partial charge on any atom is -0.465 e.